The first-order valence-electron chi connectivity index (χ1n) is 6.99. The number of carbonyl (C=O) groups is 2. The number of likely N-dealkylation sites (tertiary alicyclic amines) is 1. The number of piperidine rings is 1. The number of amides is 1. The number of nitrogens with zero attached hydrogens (tertiary/aromatic N) is 1. The van der Waals surface area contributed by atoms with Gasteiger partial charge in [-0.15, -0.1) is 0 Å². The third-order valence-corrected chi connectivity index (χ3v) is 3.90. The smallest absolute Gasteiger partial charge is 0.303 e. The van der Waals surface area contributed by atoms with E-state index in [1.165, 1.54) is 0 Å². The van der Waals surface area contributed by atoms with Crippen molar-refractivity contribution >= 4 is 11.9 Å². The third kappa shape index (κ3) is 4.18. The molecule has 2 aliphatic rings. The summed E-state index contributed by atoms with van der Waals surface area (Å²) >= 11 is 0. The minimum atomic E-state index is -0.736. The van der Waals surface area contributed by atoms with E-state index in [0.717, 1.165) is 38.9 Å². The summed E-state index contributed by atoms with van der Waals surface area (Å²) in [4.78, 5) is 24.6. The lowest BCUT2D eigenvalue weighted by Gasteiger charge is -2.35. The molecule has 1 amide bonds. The number of aliphatic carboxylic acids is 1. The van der Waals surface area contributed by atoms with Gasteiger partial charge in [0, 0.05) is 32.6 Å². The minimum absolute atomic E-state index is 0.0730. The highest BCUT2D eigenvalue weighted by atomic mass is 16.5. The maximum Gasteiger partial charge on any atom is 0.303 e. The summed E-state index contributed by atoms with van der Waals surface area (Å²) in [7, 11) is 0. The van der Waals surface area contributed by atoms with Crippen LogP contribution >= 0.6 is 0 Å². The molecule has 2 saturated heterocycles. The van der Waals surface area contributed by atoms with Crippen LogP contribution < -0.4 is 5.32 Å². The van der Waals surface area contributed by atoms with Crippen molar-refractivity contribution < 1.29 is 19.4 Å². The van der Waals surface area contributed by atoms with E-state index >= 15 is 0 Å². The highest BCUT2D eigenvalue weighted by Crippen LogP contribution is 2.22. The van der Waals surface area contributed by atoms with E-state index in [-0.39, 0.29) is 18.4 Å². The molecule has 0 aromatic heterocycles. The Morgan fingerprint density at radius 1 is 1.32 bits per heavy atom. The Morgan fingerprint density at radius 2 is 2.05 bits per heavy atom. The van der Waals surface area contributed by atoms with Gasteiger partial charge in [0.15, 0.2) is 0 Å². The molecule has 2 fully saturated rings. The normalized spacial score (nSPS) is 25.3. The standard InChI is InChI=1S/C13H22N2O4/c16-12(17)2-1-10-3-6-15(7-4-10)13(18)11-9-14-5-8-19-11/h10-11,14H,1-9H2,(H,16,17). The summed E-state index contributed by atoms with van der Waals surface area (Å²) in [6, 6.07) is 0. The molecule has 0 aromatic rings. The first kappa shape index (κ1) is 14.3. The van der Waals surface area contributed by atoms with Crippen LogP contribution in [-0.2, 0) is 14.3 Å². The van der Waals surface area contributed by atoms with E-state index in [0.29, 0.717) is 19.1 Å². The number of carboxylic acids is 1. The zero-order valence-electron chi connectivity index (χ0n) is 11.1. The van der Waals surface area contributed by atoms with Crippen LogP contribution in [-0.4, -0.2) is 60.8 Å². The number of ether oxygens (including phenoxy) is 1. The summed E-state index contributed by atoms with van der Waals surface area (Å²) in [6.07, 6.45) is 2.41. The number of hydrogen-bond donors (Lipinski definition) is 2. The highest BCUT2D eigenvalue weighted by Gasteiger charge is 2.29. The zero-order chi connectivity index (χ0) is 13.7. The van der Waals surface area contributed by atoms with E-state index < -0.39 is 5.97 Å². The van der Waals surface area contributed by atoms with Crippen molar-refractivity contribution in [1.29, 1.82) is 0 Å². The molecule has 1 atom stereocenters. The largest absolute Gasteiger partial charge is 0.481 e. The second-order valence-electron chi connectivity index (χ2n) is 5.26. The van der Waals surface area contributed by atoms with Gasteiger partial charge in [0.25, 0.3) is 5.91 Å². The molecule has 0 bridgehead atoms. The number of nitrogens with one attached hydrogen (secondary N) is 1. The molecule has 1 unspecified atom stereocenters. The van der Waals surface area contributed by atoms with Gasteiger partial charge < -0.3 is 20.1 Å². The molecule has 6 nitrogen and oxygen atoms in total. The topological polar surface area (TPSA) is 78.9 Å². The lowest BCUT2D eigenvalue weighted by Crippen LogP contribution is -2.51. The first-order valence-corrected chi connectivity index (χ1v) is 6.99. The van der Waals surface area contributed by atoms with Crippen LogP contribution in [0.15, 0.2) is 0 Å². The van der Waals surface area contributed by atoms with Crippen LogP contribution in [0.25, 0.3) is 0 Å². The SMILES string of the molecule is O=C(O)CCC1CCN(C(=O)C2CNCCO2)CC1. The molecule has 2 aliphatic heterocycles. The lowest BCUT2D eigenvalue weighted by atomic mass is 9.92. The van der Waals surface area contributed by atoms with Crippen LogP contribution in [0, 0.1) is 5.92 Å². The molecule has 0 radical (unpaired) electrons. The lowest BCUT2D eigenvalue weighted by molar-refractivity contribution is -0.147. The van der Waals surface area contributed by atoms with Gasteiger partial charge in [-0.25, -0.2) is 0 Å². The Kier molecular flexibility index (Phi) is 5.15. The van der Waals surface area contributed by atoms with Crippen molar-refractivity contribution in [2.24, 2.45) is 5.92 Å². The number of carboxylic acid groups (broad SMARTS) is 1. The minimum Gasteiger partial charge on any atom is -0.481 e. The quantitative estimate of drug-likeness (QED) is 0.756. The Labute approximate surface area is 113 Å². The zero-order valence-corrected chi connectivity index (χ0v) is 11.1. The van der Waals surface area contributed by atoms with Crippen molar-refractivity contribution in [3.05, 3.63) is 0 Å². The van der Waals surface area contributed by atoms with Gasteiger partial charge in [-0.1, -0.05) is 0 Å². The summed E-state index contributed by atoms with van der Waals surface area (Å²) in [5.74, 6) is -0.227. The fourth-order valence-corrected chi connectivity index (χ4v) is 2.70. The predicted molar refractivity (Wildman–Crippen MR) is 68.8 cm³/mol. The molecule has 0 aromatic carbocycles. The van der Waals surface area contributed by atoms with E-state index in [1.807, 2.05) is 4.90 Å². The van der Waals surface area contributed by atoms with Crippen LogP contribution in [0.5, 0.6) is 0 Å². The fourth-order valence-electron chi connectivity index (χ4n) is 2.70. The van der Waals surface area contributed by atoms with Gasteiger partial charge in [-0.05, 0) is 25.2 Å². The number of carbonyl (C=O) groups excluding carboxylic acids is 1. The number of hydrogen-bond acceptors (Lipinski definition) is 4. The predicted octanol–water partition coefficient (Wildman–Crippen LogP) is 0.0782. The van der Waals surface area contributed by atoms with Crippen molar-refractivity contribution in [3.63, 3.8) is 0 Å². The molecular weight excluding hydrogens is 248 g/mol. The molecule has 2 N–H and O–H groups in total. The number of morpholine rings is 1. The highest BCUT2D eigenvalue weighted by molar-refractivity contribution is 5.81. The Hall–Kier alpha value is -1.14. The van der Waals surface area contributed by atoms with Gasteiger partial charge in [-0.3, -0.25) is 9.59 Å². The third-order valence-electron chi connectivity index (χ3n) is 3.90. The van der Waals surface area contributed by atoms with E-state index in [4.69, 9.17) is 9.84 Å². The molecule has 0 saturated carbocycles. The maximum atomic E-state index is 12.2. The van der Waals surface area contributed by atoms with Crippen molar-refractivity contribution in [1.82, 2.24) is 10.2 Å². The van der Waals surface area contributed by atoms with Crippen molar-refractivity contribution in [2.45, 2.75) is 31.8 Å². The average molecular weight is 270 g/mol. The number of rotatable bonds is 4. The Morgan fingerprint density at radius 3 is 2.63 bits per heavy atom. The van der Waals surface area contributed by atoms with Crippen LogP contribution in [0.4, 0.5) is 0 Å². The monoisotopic (exact) mass is 270 g/mol. The average Bonchev–Trinajstić information content (AvgIpc) is 2.46. The van der Waals surface area contributed by atoms with Crippen LogP contribution in [0.3, 0.4) is 0 Å². The Balaban J connectivity index is 1.72. The van der Waals surface area contributed by atoms with Crippen LogP contribution in [0.1, 0.15) is 25.7 Å². The molecule has 2 rings (SSSR count). The molecule has 19 heavy (non-hydrogen) atoms. The van der Waals surface area contributed by atoms with E-state index in [9.17, 15) is 9.59 Å². The maximum absolute atomic E-state index is 12.2. The fraction of sp³-hybridized carbons (Fsp3) is 0.846. The first-order chi connectivity index (χ1) is 9.16. The molecule has 108 valence electrons. The van der Waals surface area contributed by atoms with Gasteiger partial charge in [0.05, 0.1) is 6.61 Å². The van der Waals surface area contributed by atoms with E-state index in [1.54, 1.807) is 0 Å². The summed E-state index contributed by atoms with van der Waals surface area (Å²) in [6.45, 7) is 3.44. The van der Waals surface area contributed by atoms with E-state index in [2.05, 4.69) is 5.32 Å². The summed E-state index contributed by atoms with van der Waals surface area (Å²) < 4.78 is 5.47. The second kappa shape index (κ2) is 6.86. The van der Waals surface area contributed by atoms with Crippen LogP contribution in [0.2, 0.25) is 0 Å². The van der Waals surface area contributed by atoms with Gasteiger partial charge >= 0.3 is 5.97 Å². The molecule has 2 heterocycles. The van der Waals surface area contributed by atoms with Gasteiger partial charge in [0.2, 0.25) is 0 Å². The molecule has 0 spiro atoms. The van der Waals surface area contributed by atoms with Gasteiger partial charge in [0.1, 0.15) is 6.10 Å². The molecular formula is C13H22N2O4. The Bertz CT molecular complexity index is 321. The van der Waals surface area contributed by atoms with Crippen molar-refractivity contribution in [3.8, 4) is 0 Å². The molecule has 6 heteroatoms. The summed E-state index contributed by atoms with van der Waals surface area (Å²) in [5.41, 5.74) is 0. The molecule has 0 aliphatic carbocycles. The van der Waals surface area contributed by atoms with Crippen molar-refractivity contribution in [2.75, 3.05) is 32.8 Å². The van der Waals surface area contributed by atoms with Gasteiger partial charge in [-0.2, -0.15) is 0 Å². The summed E-state index contributed by atoms with van der Waals surface area (Å²) in [5, 5.41) is 11.8. The second-order valence-corrected chi connectivity index (χ2v) is 5.26.